The molecule has 0 spiro atoms. The number of hydrogen-bond acceptors (Lipinski definition) is 4. The molecule has 5 nitrogen and oxygen atoms in total. The molecular formula is C15H22N4O. The molecule has 0 amide bonds. The van der Waals surface area contributed by atoms with Crippen LogP contribution in [0.5, 0.6) is 0 Å². The van der Waals surface area contributed by atoms with Crippen molar-refractivity contribution < 1.29 is 5.11 Å². The van der Waals surface area contributed by atoms with Crippen molar-refractivity contribution in [1.82, 2.24) is 19.7 Å². The van der Waals surface area contributed by atoms with Crippen molar-refractivity contribution >= 4 is 0 Å². The maximum atomic E-state index is 10.1. The lowest BCUT2D eigenvalue weighted by molar-refractivity contribution is 0.160. The first-order valence-corrected chi connectivity index (χ1v) is 7.09. The van der Waals surface area contributed by atoms with Crippen molar-refractivity contribution in [2.45, 2.75) is 45.8 Å². The number of aliphatic hydroxyl groups excluding tert-OH is 1. The van der Waals surface area contributed by atoms with Gasteiger partial charge >= 0.3 is 0 Å². The fourth-order valence-corrected chi connectivity index (χ4v) is 2.14. The lowest BCUT2D eigenvalue weighted by atomic mass is 10.1. The average Bonchev–Trinajstić information content (AvgIpc) is 2.84. The second-order valence-electron chi connectivity index (χ2n) is 5.50. The van der Waals surface area contributed by atoms with Crippen LogP contribution in [0.2, 0.25) is 0 Å². The molecule has 2 aromatic heterocycles. The molecule has 5 heteroatoms. The summed E-state index contributed by atoms with van der Waals surface area (Å²) in [6.07, 6.45) is 6.85. The van der Waals surface area contributed by atoms with Crippen molar-refractivity contribution in [1.29, 1.82) is 0 Å². The summed E-state index contributed by atoms with van der Waals surface area (Å²) in [7, 11) is 0. The highest BCUT2D eigenvalue weighted by Crippen LogP contribution is 2.09. The van der Waals surface area contributed by atoms with E-state index >= 15 is 0 Å². The summed E-state index contributed by atoms with van der Waals surface area (Å²) in [6.45, 7) is 5.13. The van der Waals surface area contributed by atoms with Crippen LogP contribution in [0.1, 0.15) is 31.7 Å². The van der Waals surface area contributed by atoms with Gasteiger partial charge < -0.3 is 5.11 Å². The van der Waals surface area contributed by atoms with E-state index in [0.29, 0.717) is 12.3 Å². The minimum absolute atomic E-state index is 0.390. The summed E-state index contributed by atoms with van der Waals surface area (Å²) >= 11 is 0. The zero-order valence-corrected chi connectivity index (χ0v) is 12.1. The fraction of sp³-hybridized carbons (Fsp3) is 0.533. The Morgan fingerprint density at radius 1 is 1.25 bits per heavy atom. The Morgan fingerprint density at radius 2 is 2.00 bits per heavy atom. The monoisotopic (exact) mass is 274 g/mol. The van der Waals surface area contributed by atoms with Crippen LogP contribution in [0.25, 0.3) is 0 Å². The van der Waals surface area contributed by atoms with Gasteiger partial charge in [0, 0.05) is 25.4 Å². The van der Waals surface area contributed by atoms with Crippen molar-refractivity contribution in [3.63, 3.8) is 0 Å². The number of aryl methyl sites for hydroxylation is 1. The first-order chi connectivity index (χ1) is 9.65. The minimum atomic E-state index is -0.390. The quantitative estimate of drug-likeness (QED) is 0.837. The lowest BCUT2D eigenvalue weighted by Crippen LogP contribution is -2.18. The summed E-state index contributed by atoms with van der Waals surface area (Å²) in [5, 5.41) is 14.4. The molecule has 2 rings (SSSR count). The maximum Gasteiger partial charge on any atom is 0.138 e. The highest BCUT2D eigenvalue weighted by Gasteiger charge is 2.12. The summed E-state index contributed by atoms with van der Waals surface area (Å²) in [6, 6.07) is 3.96. The van der Waals surface area contributed by atoms with Crippen LogP contribution in [0.4, 0.5) is 0 Å². The highest BCUT2D eigenvalue weighted by molar-refractivity contribution is 5.09. The van der Waals surface area contributed by atoms with Gasteiger partial charge in [0.1, 0.15) is 12.2 Å². The third-order valence-corrected chi connectivity index (χ3v) is 3.17. The molecule has 20 heavy (non-hydrogen) atoms. The zero-order valence-electron chi connectivity index (χ0n) is 12.1. The van der Waals surface area contributed by atoms with Gasteiger partial charge in [-0.15, -0.1) is 0 Å². The predicted molar refractivity (Wildman–Crippen MR) is 77.1 cm³/mol. The van der Waals surface area contributed by atoms with Crippen molar-refractivity contribution in [2.75, 3.05) is 0 Å². The van der Waals surface area contributed by atoms with Crippen LogP contribution in [0.15, 0.2) is 30.9 Å². The SMILES string of the molecule is CC(C)Cn1ncnc1CC(O)CCc1ccncc1. The van der Waals surface area contributed by atoms with E-state index in [1.165, 1.54) is 5.56 Å². The average molecular weight is 274 g/mol. The first-order valence-electron chi connectivity index (χ1n) is 7.09. The topological polar surface area (TPSA) is 63.8 Å². The summed E-state index contributed by atoms with van der Waals surface area (Å²) in [5.41, 5.74) is 1.20. The van der Waals surface area contributed by atoms with E-state index in [9.17, 15) is 5.11 Å². The number of rotatable bonds is 7. The molecule has 2 aromatic rings. The second kappa shape index (κ2) is 7.14. The third kappa shape index (κ3) is 4.42. The van der Waals surface area contributed by atoms with E-state index in [1.807, 2.05) is 16.8 Å². The van der Waals surface area contributed by atoms with E-state index in [1.54, 1.807) is 18.7 Å². The number of aromatic nitrogens is 4. The van der Waals surface area contributed by atoms with Crippen LogP contribution >= 0.6 is 0 Å². The number of hydrogen-bond donors (Lipinski definition) is 1. The Morgan fingerprint density at radius 3 is 2.70 bits per heavy atom. The van der Waals surface area contributed by atoms with E-state index in [0.717, 1.165) is 25.2 Å². The molecule has 0 aliphatic heterocycles. The van der Waals surface area contributed by atoms with Gasteiger partial charge in [0.25, 0.3) is 0 Å². The van der Waals surface area contributed by atoms with Crippen LogP contribution in [-0.4, -0.2) is 31.0 Å². The van der Waals surface area contributed by atoms with Crippen LogP contribution in [-0.2, 0) is 19.4 Å². The van der Waals surface area contributed by atoms with Crippen LogP contribution < -0.4 is 0 Å². The molecule has 108 valence electrons. The van der Waals surface area contributed by atoms with Gasteiger partial charge in [-0.05, 0) is 36.5 Å². The number of aliphatic hydroxyl groups is 1. The van der Waals surface area contributed by atoms with E-state index < -0.39 is 6.10 Å². The zero-order chi connectivity index (χ0) is 14.4. The van der Waals surface area contributed by atoms with Crippen molar-refractivity contribution in [2.24, 2.45) is 5.92 Å². The first kappa shape index (κ1) is 14.7. The summed E-state index contributed by atoms with van der Waals surface area (Å²) < 4.78 is 1.89. The molecule has 0 fully saturated rings. The summed E-state index contributed by atoms with van der Waals surface area (Å²) in [4.78, 5) is 8.23. The highest BCUT2D eigenvalue weighted by atomic mass is 16.3. The minimum Gasteiger partial charge on any atom is -0.393 e. The molecule has 1 N–H and O–H groups in total. The van der Waals surface area contributed by atoms with Gasteiger partial charge in [0.2, 0.25) is 0 Å². The molecule has 1 unspecified atom stereocenters. The smallest absolute Gasteiger partial charge is 0.138 e. The Bertz CT molecular complexity index is 510. The molecule has 1 atom stereocenters. The molecule has 0 saturated heterocycles. The maximum absolute atomic E-state index is 10.1. The van der Waals surface area contributed by atoms with Gasteiger partial charge in [-0.2, -0.15) is 5.10 Å². The molecule has 0 aromatic carbocycles. The molecule has 0 bridgehead atoms. The van der Waals surface area contributed by atoms with Gasteiger partial charge in [-0.1, -0.05) is 13.8 Å². The standard InChI is InChI=1S/C15H22N4O/c1-12(2)10-19-15(17-11-18-19)9-14(20)4-3-13-5-7-16-8-6-13/h5-8,11-12,14,20H,3-4,9-10H2,1-2H3. The Hall–Kier alpha value is -1.75. The van der Waals surface area contributed by atoms with Gasteiger partial charge in [-0.3, -0.25) is 4.98 Å². The van der Waals surface area contributed by atoms with Crippen LogP contribution in [0.3, 0.4) is 0 Å². The van der Waals surface area contributed by atoms with Gasteiger partial charge in [0.05, 0.1) is 6.10 Å². The second-order valence-corrected chi connectivity index (χ2v) is 5.50. The van der Waals surface area contributed by atoms with E-state index in [4.69, 9.17) is 0 Å². The van der Waals surface area contributed by atoms with Crippen molar-refractivity contribution in [3.05, 3.63) is 42.2 Å². The van der Waals surface area contributed by atoms with E-state index in [2.05, 4.69) is 28.9 Å². The predicted octanol–water partition coefficient (Wildman–Crippen LogP) is 1.87. The summed E-state index contributed by atoms with van der Waals surface area (Å²) in [5.74, 6) is 1.38. The normalized spacial score (nSPS) is 12.8. The van der Waals surface area contributed by atoms with Crippen LogP contribution in [0, 0.1) is 5.92 Å². The van der Waals surface area contributed by atoms with Gasteiger partial charge in [-0.25, -0.2) is 9.67 Å². The Kier molecular flexibility index (Phi) is 5.24. The third-order valence-electron chi connectivity index (χ3n) is 3.17. The van der Waals surface area contributed by atoms with Gasteiger partial charge in [0.15, 0.2) is 0 Å². The molecule has 0 saturated carbocycles. The number of nitrogens with zero attached hydrogens (tertiary/aromatic N) is 4. The Balaban J connectivity index is 1.85. The van der Waals surface area contributed by atoms with E-state index in [-0.39, 0.29) is 0 Å². The van der Waals surface area contributed by atoms with Crippen molar-refractivity contribution in [3.8, 4) is 0 Å². The molecular weight excluding hydrogens is 252 g/mol. The fourth-order valence-electron chi connectivity index (χ4n) is 2.14. The Labute approximate surface area is 119 Å². The number of pyridine rings is 1. The molecule has 0 aliphatic carbocycles. The largest absolute Gasteiger partial charge is 0.393 e. The molecule has 2 heterocycles. The molecule has 0 aliphatic rings. The lowest BCUT2D eigenvalue weighted by Gasteiger charge is -2.12. The molecule has 0 radical (unpaired) electrons.